The highest BCUT2D eigenvalue weighted by Gasteiger charge is 2.20. The number of benzene rings is 2. The molecule has 11 heteroatoms. The molecule has 1 atom stereocenters. The lowest BCUT2D eigenvalue weighted by Gasteiger charge is -2.15. The molecular weight excluding hydrogens is 516 g/mol. The minimum absolute atomic E-state index is 0.156. The molecule has 0 aliphatic heterocycles. The topological polar surface area (TPSA) is 102 Å². The molecule has 2 aromatic heterocycles. The second-order valence-corrected chi connectivity index (χ2v) is 10.3. The number of amides is 2. The van der Waals surface area contributed by atoms with Crippen molar-refractivity contribution in [1.82, 2.24) is 25.1 Å². The summed E-state index contributed by atoms with van der Waals surface area (Å²) in [5.41, 5.74) is 3.52. The summed E-state index contributed by atoms with van der Waals surface area (Å²) in [6.07, 6.45) is 0. The zero-order chi connectivity index (χ0) is 25.7. The molecule has 4 rings (SSSR count). The van der Waals surface area contributed by atoms with Crippen LogP contribution in [0.15, 0.2) is 59.1 Å². The summed E-state index contributed by atoms with van der Waals surface area (Å²) in [5, 5.41) is 17.9. The van der Waals surface area contributed by atoms with Gasteiger partial charge in [-0.25, -0.2) is 4.98 Å². The average Bonchev–Trinajstić information content (AvgIpc) is 3.50. The van der Waals surface area contributed by atoms with Gasteiger partial charge < -0.3 is 15.2 Å². The highest BCUT2D eigenvalue weighted by atomic mass is 35.5. The first-order valence-electron chi connectivity index (χ1n) is 11.3. The highest BCUT2D eigenvalue weighted by molar-refractivity contribution is 7.99. The fraction of sp³-hybridized carbons (Fsp3) is 0.240. The summed E-state index contributed by atoms with van der Waals surface area (Å²) >= 11 is 8.57. The van der Waals surface area contributed by atoms with E-state index in [1.54, 1.807) is 24.3 Å². The van der Waals surface area contributed by atoms with Crippen LogP contribution in [0.1, 0.15) is 41.6 Å². The monoisotopic (exact) mass is 540 g/mol. The molecule has 2 heterocycles. The summed E-state index contributed by atoms with van der Waals surface area (Å²) in [6.45, 7) is 6.44. The first-order chi connectivity index (χ1) is 17.3. The second kappa shape index (κ2) is 11.7. The van der Waals surface area contributed by atoms with E-state index in [0.717, 1.165) is 11.3 Å². The fourth-order valence-corrected chi connectivity index (χ4v) is 5.11. The van der Waals surface area contributed by atoms with E-state index in [0.29, 0.717) is 33.2 Å². The fourth-order valence-electron chi connectivity index (χ4n) is 3.44. The molecule has 186 valence electrons. The Balaban J connectivity index is 1.34. The minimum atomic E-state index is -0.376. The van der Waals surface area contributed by atoms with Gasteiger partial charge in [-0.1, -0.05) is 53.2 Å². The van der Waals surface area contributed by atoms with Gasteiger partial charge in [0, 0.05) is 28.1 Å². The second-order valence-electron chi connectivity index (χ2n) is 8.03. The van der Waals surface area contributed by atoms with Crippen molar-refractivity contribution in [3.05, 3.63) is 75.9 Å². The average molecular weight is 541 g/mol. The molecule has 0 saturated heterocycles. The van der Waals surface area contributed by atoms with Crippen molar-refractivity contribution in [2.75, 3.05) is 11.1 Å². The molecule has 8 nitrogen and oxygen atoms in total. The third kappa shape index (κ3) is 6.31. The number of nitrogens with zero attached hydrogens (tertiary/aromatic N) is 4. The number of thiazole rings is 1. The van der Waals surface area contributed by atoms with Crippen LogP contribution in [0.3, 0.4) is 0 Å². The maximum atomic E-state index is 12.6. The Morgan fingerprint density at radius 1 is 1.11 bits per heavy atom. The quantitative estimate of drug-likeness (QED) is 0.268. The number of aryl methyl sites for hydroxylation is 1. The molecule has 0 bridgehead atoms. The van der Waals surface area contributed by atoms with Crippen LogP contribution in [-0.2, 0) is 11.3 Å². The van der Waals surface area contributed by atoms with E-state index >= 15 is 0 Å². The Hall–Kier alpha value is -3.21. The van der Waals surface area contributed by atoms with Gasteiger partial charge in [-0.05, 0) is 45.0 Å². The molecule has 36 heavy (non-hydrogen) atoms. The van der Waals surface area contributed by atoms with Crippen molar-refractivity contribution in [1.29, 1.82) is 0 Å². The predicted octanol–water partition coefficient (Wildman–Crippen LogP) is 5.61. The van der Waals surface area contributed by atoms with Gasteiger partial charge in [0.2, 0.25) is 5.91 Å². The van der Waals surface area contributed by atoms with Crippen LogP contribution in [0.4, 0.5) is 5.13 Å². The SMILES string of the molecule is CCn1c(SCC(=O)Nc2nc(-c3ccc(C)cc3)cs2)nnc1[C@H](C)NC(=O)c1ccc(Cl)cc1. The summed E-state index contributed by atoms with van der Waals surface area (Å²) in [5.74, 6) is 0.363. The number of carbonyl (C=O) groups excluding carboxylic acids is 2. The van der Waals surface area contributed by atoms with Gasteiger partial charge in [0.05, 0.1) is 17.5 Å². The molecule has 0 saturated carbocycles. The van der Waals surface area contributed by atoms with Crippen molar-refractivity contribution in [3.8, 4) is 11.3 Å². The smallest absolute Gasteiger partial charge is 0.251 e. The van der Waals surface area contributed by atoms with Crippen LogP contribution in [0.2, 0.25) is 5.02 Å². The molecule has 0 radical (unpaired) electrons. The van der Waals surface area contributed by atoms with Crippen molar-refractivity contribution in [2.45, 2.75) is 38.5 Å². The lowest BCUT2D eigenvalue weighted by Crippen LogP contribution is -2.28. The number of hydrogen-bond donors (Lipinski definition) is 2. The molecule has 0 aliphatic rings. The van der Waals surface area contributed by atoms with Crippen molar-refractivity contribution in [2.24, 2.45) is 0 Å². The largest absolute Gasteiger partial charge is 0.342 e. The highest BCUT2D eigenvalue weighted by Crippen LogP contribution is 2.26. The van der Waals surface area contributed by atoms with E-state index in [1.165, 1.54) is 28.7 Å². The first kappa shape index (κ1) is 25.9. The summed E-state index contributed by atoms with van der Waals surface area (Å²) in [6, 6.07) is 14.4. The number of halogens is 1. The molecule has 2 aromatic carbocycles. The van der Waals surface area contributed by atoms with E-state index in [2.05, 4.69) is 25.8 Å². The van der Waals surface area contributed by atoms with Gasteiger partial charge in [-0.3, -0.25) is 9.59 Å². The van der Waals surface area contributed by atoms with Crippen LogP contribution >= 0.6 is 34.7 Å². The van der Waals surface area contributed by atoms with Crippen LogP contribution in [-0.4, -0.2) is 37.3 Å². The number of nitrogens with one attached hydrogen (secondary N) is 2. The van der Waals surface area contributed by atoms with E-state index in [9.17, 15) is 9.59 Å². The van der Waals surface area contributed by atoms with Crippen LogP contribution in [0, 0.1) is 6.92 Å². The third-order valence-corrected chi connectivity index (χ3v) is 7.31. The Bertz CT molecular complexity index is 1350. The zero-order valence-electron chi connectivity index (χ0n) is 20.0. The van der Waals surface area contributed by atoms with Crippen LogP contribution < -0.4 is 10.6 Å². The molecule has 0 spiro atoms. The van der Waals surface area contributed by atoms with Gasteiger partial charge in [0.15, 0.2) is 16.1 Å². The van der Waals surface area contributed by atoms with Gasteiger partial charge in [0.1, 0.15) is 0 Å². The van der Waals surface area contributed by atoms with E-state index in [1.807, 2.05) is 55.0 Å². The summed E-state index contributed by atoms with van der Waals surface area (Å²) in [4.78, 5) is 29.6. The van der Waals surface area contributed by atoms with Crippen molar-refractivity contribution >= 4 is 51.6 Å². The Morgan fingerprint density at radius 2 is 1.83 bits per heavy atom. The molecule has 0 aliphatic carbocycles. The van der Waals surface area contributed by atoms with Crippen LogP contribution in [0.25, 0.3) is 11.3 Å². The third-order valence-electron chi connectivity index (χ3n) is 5.33. The minimum Gasteiger partial charge on any atom is -0.342 e. The van der Waals surface area contributed by atoms with E-state index < -0.39 is 0 Å². The van der Waals surface area contributed by atoms with Gasteiger partial charge >= 0.3 is 0 Å². The Labute approximate surface area is 222 Å². The lowest BCUT2D eigenvalue weighted by atomic mass is 10.1. The molecule has 2 amide bonds. The number of aromatic nitrogens is 4. The maximum absolute atomic E-state index is 12.6. The van der Waals surface area contributed by atoms with Gasteiger partial charge in [0.25, 0.3) is 5.91 Å². The number of carbonyl (C=O) groups is 2. The number of hydrogen-bond acceptors (Lipinski definition) is 7. The van der Waals surface area contributed by atoms with Gasteiger partial charge in [-0.15, -0.1) is 21.5 Å². The Kier molecular flexibility index (Phi) is 8.40. The molecule has 2 N–H and O–H groups in total. The molecule has 4 aromatic rings. The number of anilines is 1. The lowest BCUT2D eigenvalue weighted by molar-refractivity contribution is -0.113. The molecule has 0 fully saturated rings. The predicted molar refractivity (Wildman–Crippen MR) is 145 cm³/mol. The molecular formula is C25H25ClN6O2S2. The van der Waals surface area contributed by atoms with Gasteiger partial charge in [-0.2, -0.15) is 0 Å². The Morgan fingerprint density at radius 3 is 2.53 bits per heavy atom. The zero-order valence-corrected chi connectivity index (χ0v) is 22.4. The summed E-state index contributed by atoms with van der Waals surface area (Å²) in [7, 11) is 0. The van der Waals surface area contributed by atoms with Crippen molar-refractivity contribution in [3.63, 3.8) is 0 Å². The number of thioether (sulfide) groups is 1. The standard InChI is InChI=1S/C25H25ClN6O2S2/c1-4-32-22(16(3)27-23(34)18-9-11-19(26)12-10-18)30-31-25(32)36-14-21(33)29-24-28-20(13-35-24)17-7-5-15(2)6-8-17/h5-13,16H,4,14H2,1-3H3,(H,27,34)(H,28,29,33)/t16-/m0/s1. The molecule has 0 unspecified atom stereocenters. The number of rotatable bonds is 9. The van der Waals surface area contributed by atoms with E-state index in [-0.39, 0.29) is 23.6 Å². The van der Waals surface area contributed by atoms with Crippen molar-refractivity contribution < 1.29 is 9.59 Å². The van der Waals surface area contributed by atoms with E-state index in [4.69, 9.17) is 11.6 Å². The first-order valence-corrected chi connectivity index (χ1v) is 13.5. The summed E-state index contributed by atoms with van der Waals surface area (Å²) < 4.78 is 1.89. The maximum Gasteiger partial charge on any atom is 0.251 e. The normalized spacial score (nSPS) is 11.8. The van der Waals surface area contributed by atoms with Crippen LogP contribution in [0.5, 0.6) is 0 Å².